The van der Waals surface area contributed by atoms with Crippen LogP contribution in [0.15, 0.2) is 60.7 Å². The Kier molecular flexibility index (Phi) is 11.9. The van der Waals surface area contributed by atoms with E-state index >= 15 is 0 Å². The van der Waals surface area contributed by atoms with Gasteiger partial charge in [-0.2, -0.15) is 0 Å². The molecule has 2 aromatic carbocycles. The summed E-state index contributed by atoms with van der Waals surface area (Å²) in [4.78, 5) is 25.3. The van der Waals surface area contributed by atoms with Gasteiger partial charge in [-0.1, -0.05) is 63.2 Å². The van der Waals surface area contributed by atoms with Gasteiger partial charge in [0.2, 0.25) is 0 Å². The van der Waals surface area contributed by atoms with Gasteiger partial charge in [0.25, 0.3) is 5.91 Å². The number of rotatable bonds is 5. The number of benzene rings is 2. The number of amides is 1. The van der Waals surface area contributed by atoms with Gasteiger partial charge < -0.3 is 10.4 Å². The van der Waals surface area contributed by atoms with Crippen LogP contribution in [0.25, 0.3) is 5.57 Å². The molecule has 0 spiro atoms. The van der Waals surface area contributed by atoms with Crippen LogP contribution in [0.1, 0.15) is 75.7 Å². The molecule has 0 unspecified atom stereocenters. The van der Waals surface area contributed by atoms with E-state index in [9.17, 15) is 14.7 Å². The Labute approximate surface area is 202 Å². The predicted octanol–water partition coefficient (Wildman–Crippen LogP) is 8.15. The Bertz CT molecular complexity index is 1080. The van der Waals surface area contributed by atoms with Crippen molar-refractivity contribution in [3.8, 4) is 0 Å². The lowest BCUT2D eigenvalue weighted by Gasteiger charge is -2.06. The molecule has 0 aliphatic carbocycles. The number of thiophene rings is 1. The third-order valence-electron chi connectivity index (χ3n) is 4.84. The maximum Gasteiger partial charge on any atom is 0.337 e. The largest absolute Gasteiger partial charge is 0.478 e. The maximum absolute atomic E-state index is 12.4. The second-order valence-corrected chi connectivity index (χ2v) is 8.36. The van der Waals surface area contributed by atoms with Crippen LogP contribution in [0, 0.1) is 20.8 Å². The van der Waals surface area contributed by atoms with Crippen molar-refractivity contribution in [2.75, 3.05) is 5.32 Å². The van der Waals surface area contributed by atoms with Crippen LogP contribution in [-0.2, 0) is 0 Å². The van der Waals surface area contributed by atoms with Crippen LogP contribution < -0.4 is 5.32 Å². The van der Waals surface area contributed by atoms with Crippen molar-refractivity contribution in [3.63, 3.8) is 0 Å². The van der Waals surface area contributed by atoms with Gasteiger partial charge in [0.1, 0.15) is 0 Å². The molecule has 4 nitrogen and oxygen atoms in total. The number of carboxylic acid groups (broad SMARTS) is 1. The molecule has 33 heavy (non-hydrogen) atoms. The molecule has 0 atom stereocenters. The molecule has 0 aliphatic heterocycles. The number of aromatic carboxylic acids is 1. The van der Waals surface area contributed by atoms with Crippen molar-refractivity contribution in [3.05, 3.63) is 92.7 Å². The number of carbonyl (C=O) groups is 2. The number of carboxylic acids is 1. The van der Waals surface area contributed by atoms with Crippen molar-refractivity contribution >= 4 is 34.5 Å². The Hall–Kier alpha value is -3.18. The fraction of sp³-hybridized carbons (Fsp3) is 0.286. The number of anilines is 1. The van der Waals surface area contributed by atoms with Crippen LogP contribution in [0.3, 0.4) is 0 Å². The molecule has 176 valence electrons. The topological polar surface area (TPSA) is 66.4 Å². The third-order valence-corrected chi connectivity index (χ3v) is 6.21. The Balaban J connectivity index is 0.000000454. The van der Waals surface area contributed by atoms with Crippen LogP contribution in [0.4, 0.5) is 5.69 Å². The average molecular weight is 466 g/mol. The van der Waals surface area contributed by atoms with Crippen molar-refractivity contribution in [2.24, 2.45) is 0 Å². The van der Waals surface area contributed by atoms with Crippen molar-refractivity contribution in [1.29, 1.82) is 0 Å². The van der Waals surface area contributed by atoms with Gasteiger partial charge in [0, 0.05) is 4.88 Å². The molecule has 1 heterocycles. The van der Waals surface area contributed by atoms with Gasteiger partial charge in [-0.05, 0) is 74.6 Å². The molecule has 1 amide bonds. The molecular formula is C28H35NO3S. The summed E-state index contributed by atoms with van der Waals surface area (Å²) in [5.41, 5.74) is 5.32. The summed E-state index contributed by atoms with van der Waals surface area (Å²) in [7, 11) is 0. The first-order valence-electron chi connectivity index (χ1n) is 11.2. The van der Waals surface area contributed by atoms with E-state index in [0.29, 0.717) is 10.6 Å². The molecule has 1 aromatic heterocycles. The van der Waals surface area contributed by atoms with Gasteiger partial charge in [0.05, 0.1) is 16.1 Å². The normalized spacial score (nSPS) is 10.3. The highest BCUT2D eigenvalue weighted by atomic mass is 32.1. The van der Waals surface area contributed by atoms with E-state index in [1.165, 1.54) is 28.5 Å². The first kappa shape index (κ1) is 27.9. The number of aryl methyl sites for hydroxylation is 3. The summed E-state index contributed by atoms with van der Waals surface area (Å²) in [5, 5.41) is 11.9. The molecule has 2 N–H and O–H groups in total. The number of hydrogen-bond acceptors (Lipinski definition) is 3. The summed E-state index contributed by atoms with van der Waals surface area (Å²) in [6.07, 6.45) is 3.07. The highest BCUT2D eigenvalue weighted by Crippen LogP contribution is 2.29. The highest BCUT2D eigenvalue weighted by molar-refractivity contribution is 7.15. The van der Waals surface area contributed by atoms with E-state index in [1.54, 1.807) is 18.2 Å². The van der Waals surface area contributed by atoms with Crippen molar-refractivity contribution in [1.82, 2.24) is 0 Å². The number of carbonyl (C=O) groups excluding carboxylic acids is 1. The minimum atomic E-state index is -1.06. The van der Waals surface area contributed by atoms with E-state index in [1.807, 2.05) is 33.8 Å². The zero-order valence-corrected chi connectivity index (χ0v) is 21.5. The summed E-state index contributed by atoms with van der Waals surface area (Å²) >= 11 is 1.42. The van der Waals surface area contributed by atoms with Crippen molar-refractivity contribution < 1.29 is 14.7 Å². The molecule has 0 saturated carbocycles. The molecule has 0 radical (unpaired) electrons. The molecule has 0 fully saturated rings. The molecule has 3 rings (SSSR count). The monoisotopic (exact) mass is 465 g/mol. The second-order valence-electron chi connectivity index (χ2n) is 7.31. The molecule has 0 saturated heterocycles. The van der Waals surface area contributed by atoms with Gasteiger partial charge in [-0.15, -0.1) is 11.3 Å². The molecule has 3 aromatic rings. The van der Waals surface area contributed by atoms with E-state index in [4.69, 9.17) is 0 Å². The van der Waals surface area contributed by atoms with Crippen LogP contribution in [0.2, 0.25) is 0 Å². The number of hydrogen-bond donors (Lipinski definition) is 2. The number of allylic oxidation sites excluding steroid dienone is 2. The SMILES string of the molecule is CC.CC/C=C(\C)c1sc(C(=O)Nc2ccccc2C(=O)O)cc1C.Cc1ccccc1C. The van der Waals surface area contributed by atoms with Crippen molar-refractivity contribution in [2.45, 2.75) is 54.9 Å². The summed E-state index contributed by atoms with van der Waals surface area (Å²) in [6, 6.07) is 16.6. The van der Waals surface area contributed by atoms with Crippen LogP contribution >= 0.6 is 11.3 Å². The molecule has 0 aliphatic rings. The lowest BCUT2D eigenvalue weighted by molar-refractivity contribution is 0.0698. The third kappa shape index (κ3) is 8.35. The van der Waals surface area contributed by atoms with Gasteiger partial charge in [-0.25, -0.2) is 4.79 Å². The van der Waals surface area contributed by atoms with E-state index < -0.39 is 5.97 Å². The lowest BCUT2D eigenvalue weighted by Crippen LogP contribution is -2.13. The molecule has 5 heteroatoms. The van der Waals surface area contributed by atoms with Crippen LogP contribution in [-0.4, -0.2) is 17.0 Å². The minimum absolute atomic E-state index is 0.0800. The van der Waals surface area contributed by atoms with Gasteiger partial charge in [-0.3, -0.25) is 4.79 Å². The van der Waals surface area contributed by atoms with E-state index in [2.05, 4.69) is 56.4 Å². The zero-order valence-electron chi connectivity index (χ0n) is 20.7. The first-order chi connectivity index (χ1) is 15.7. The van der Waals surface area contributed by atoms with Gasteiger partial charge >= 0.3 is 5.97 Å². The standard InChI is InChI=1S/C18H19NO3S.C8H10.C2H6/c1-4-7-11(2)16-12(3)10-15(23-16)17(20)19-14-9-6-5-8-13(14)18(21)22;1-7-5-3-4-6-8(7)2;1-2/h5-10H,4H2,1-3H3,(H,19,20)(H,21,22);3-6H,1-2H3;1-2H3/b11-7+;;. The first-order valence-corrected chi connectivity index (χ1v) is 12.0. The Morgan fingerprint density at radius 1 is 0.939 bits per heavy atom. The fourth-order valence-corrected chi connectivity index (χ4v) is 4.07. The number of nitrogens with one attached hydrogen (secondary N) is 1. The number of para-hydroxylation sites is 1. The summed E-state index contributed by atoms with van der Waals surface area (Å²) in [6.45, 7) is 14.3. The fourth-order valence-electron chi connectivity index (χ4n) is 3.01. The minimum Gasteiger partial charge on any atom is -0.478 e. The smallest absolute Gasteiger partial charge is 0.337 e. The van der Waals surface area contributed by atoms with Crippen LogP contribution in [0.5, 0.6) is 0 Å². The molecular weight excluding hydrogens is 430 g/mol. The van der Waals surface area contributed by atoms with E-state index in [0.717, 1.165) is 22.4 Å². The summed E-state index contributed by atoms with van der Waals surface area (Å²) < 4.78 is 0. The summed E-state index contributed by atoms with van der Waals surface area (Å²) in [5.74, 6) is -1.35. The second kappa shape index (κ2) is 14.1. The Morgan fingerprint density at radius 2 is 1.48 bits per heavy atom. The van der Waals surface area contributed by atoms with Gasteiger partial charge in [0.15, 0.2) is 0 Å². The predicted molar refractivity (Wildman–Crippen MR) is 142 cm³/mol. The van der Waals surface area contributed by atoms with E-state index in [-0.39, 0.29) is 11.5 Å². The zero-order chi connectivity index (χ0) is 25.0. The maximum atomic E-state index is 12.4. The average Bonchev–Trinajstić information content (AvgIpc) is 3.20. The quantitative estimate of drug-likeness (QED) is 0.399. The molecule has 0 bridgehead atoms. The highest BCUT2D eigenvalue weighted by Gasteiger charge is 2.16. The lowest BCUT2D eigenvalue weighted by atomic mass is 10.1. The Morgan fingerprint density at radius 3 is 2.00 bits per heavy atom.